The number of amides is 1. The lowest BCUT2D eigenvalue weighted by molar-refractivity contribution is -0.0226. The standard InChI is InChI=1S/C20H25NO5/c1-13(22)14-5-6-15-16(23)12-20(25-17(15)11-14)7-9-21(10-8-20)18(24)26-19(2,3)4/h5-6,11H,7-10,12H2,1-4H3. The summed E-state index contributed by atoms with van der Waals surface area (Å²) in [6, 6.07) is 4.97. The molecule has 2 aliphatic rings. The van der Waals surface area contributed by atoms with E-state index in [-0.39, 0.29) is 17.7 Å². The molecule has 6 nitrogen and oxygen atoms in total. The van der Waals surface area contributed by atoms with Crippen LogP contribution in [0, 0.1) is 0 Å². The minimum absolute atomic E-state index is 0.0204. The van der Waals surface area contributed by atoms with Crippen molar-refractivity contribution in [2.75, 3.05) is 13.1 Å². The molecule has 1 fully saturated rings. The number of carbonyl (C=O) groups is 3. The molecule has 0 radical (unpaired) electrons. The third-order valence-electron chi connectivity index (χ3n) is 4.82. The Morgan fingerprint density at radius 3 is 2.42 bits per heavy atom. The van der Waals surface area contributed by atoms with Crippen molar-refractivity contribution in [1.82, 2.24) is 4.90 Å². The number of likely N-dealkylation sites (tertiary alicyclic amines) is 1. The Morgan fingerprint density at radius 1 is 1.19 bits per heavy atom. The van der Waals surface area contributed by atoms with Gasteiger partial charge in [0.15, 0.2) is 11.6 Å². The zero-order chi connectivity index (χ0) is 19.1. The molecule has 26 heavy (non-hydrogen) atoms. The zero-order valence-corrected chi connectivity index (χ0v) is 15.8. The molecule has 1 spiro atoms. The molecule has 1 aromatic rings. The van der Waals surface area contributed by atoms with Crippen molar-refractivity contribution in [3.8, 4) is 5.75 Å². The highest BCUT2D eigenvalue weighted by atomic mass is 16.6. The van der Waals surface area contributed by atoms with Crippen molar-refractivity contribution in [3.63, 3.8) is 0 Å². The minimum atomic E-state index is -0.613. The molecule has 0 atom stereocenters. The van der Waals surface area contributed by atoms with Gasteiger partial charge in [-0.3, -0.25) is 9.59 Å². The summed E-state index contributed by atoms with van der Waals surface area (Å²) >= 11 is 0. The highest BCUT2D eigenvalue weighted by molar-refractivity contribution is 6.02. The number of carbonyl (C=O) groups excluding carboxylic acids is 3. The van der Waals surface area contributed by atoms with E-state index in [1.54, 1.807) is 23.1 Å². The zero-order valence-electron chi connectivity index (χ0n) is 15.8. The van der Waals surface area contributed by atoms with Gasteiger partial charge in [-0.2, -0.15) is 0 Å². The fourth-order valence-corrected chi connectivity index (χ4v) is 3.42. The summed E-state index contributed by atoms with van der Waals surface area (Å²) in [6.07, 6.45) is 1.07. The number of piperidine rings is 1. The number of benzene rings is 1. The largest absolute Gasteiger partial charge is 0.486 e. The molecule has 0 bridgehead atoms. The first-order valence-electron chi connectivity index (χ1n) is 8.94. The average molecular weight is 359 g/mol. The maximum absolute atomic E-state index is 12.6. The van der Waals surface area contributed by atoms with Gasteiger partial charge in [-0.1, -0.05) is 6.07 Å². The van der Waals surface area contributed by atoms with Crippen molar-refractivity contribution in [2.24, 2.45) is 0 Å². The predicted molar refractivity (Wildman–Crippen MR) is 95.8 cm³/mol. The third-order valence-corrected chi connectivity index (χ3v) is 4.82. The van der Waals surface area contributed by atoms with Gasteiger partial charge in [-0.15, -0.1) is 0 Å². The van der Waals surface area contributed by atoms with Crippen LogP contribution in [0.5, 0.6) is 5.75 Å². The summed E-state index contributed by atoms with van der Waals surface area (Å²) in [7, 11) is 0. The van der Waals surface area contributed by atoms with Crippen LogP contribution in [0.2, 0.25) is 0 Å². The number of Topliss-reactive ketones (excluding diaryl/α,β-unsaturated/α-hetero) is 2. The quantitative estimate of drug-likeness (QED) is 0.716. The topological polar surface area (TPSA) is 72.9 Å². The Bertz CT molecular complexity index is 754. The van der Waals surface area contributed by atoms with E-state index >= 15 is 0 Å². The van der Waals surface area contributed by atoms with Crippen LogP contribution >= 0.6 is 0 Å². The van der Waals surface area contributed by atoms with Gasteiger partial charge in [0.05, 0.1) is 12.0 Å². The van der Waals surface area contributed by atoms with Gasteiger partial charge < -0.3 is 14.4 Å². The van der Waals surface area contributed by atoms with Crippen LogP contribution in [-0.4, -0.2) is 46.9 Å². The monoisotopic (exact) mass is 359 g/mol. The number of rotatable bonds is 1. The van der Waals surface area contributed by atoms with Crippen LogP contribution in [0.1, 0.15) is 67.7 Å². The number of hydrogen-bond acceptors (Lipinski definition) is 5. The summed E-state index contributed by atoms with van der Waals surface area (Å²) in [5, 5.41) is 0. The van der Waals surface area contributed by atoms with Gasteiger partial charge in [0.1, 0.15) is 17.0 Å². The third kappa shape index (κ3) is 3.74. The molecule has 0 unspecified atom stereocenters. The summed E-state index contributed by atoms with van der Waals surface area (Å²) in [5.41, 5.74) is -0.0983. The first-order chi connectivity index (χ1) is 12.1. The van der Waals surface area contributed by atoms with E-state index in [2.05, 4.69) is 0 Å². The molecule has 1 aromatic carbocycles. The lowest BCUT2D eigenvalue weighted by Crippen LogP contribution is -2.53. The second-order valence-corrected chi connectivity index (χ2v) is 8.12. The second kappa shape index (κ2) is 6.41. The Balaban J connectivity index is 1.73. The minimum Gasteiger partial charge on any atom is -0.486 e. The van der Waals surface area contributed by atoms with Crippen LogP contribution in [0.15, 0.2) is 18.2 Å². The summed E-state index contributed by atoms with van der Waals surface area (Å²) < 4.78 is 11.6. The molecule has 6 heteroatoms. The molecule has 0 saturated carbocycles. The Labute approximate surface area is 153 Å². The molecular formula is C20H25NO5. The fraction of sp³-hybridized carbons (Fsp3) is 0.550. The Morgan fingerprint density at radius 2 is 1.85 bits per heavy atom. The number of ketones is 2. The smallest absolute Gasteiger partial charge is 0.410 e. The van der Waals surface area contributed by atoms with Crippen molar-refractivity contribution in [2.45, 2.75) is 58.2 Å². The molecular weight excluding hydrogens is 334 g/mol. The van der Waals surface area contributed by atoms with E-state index in [1.807, 2.05) is 20.8 Å². The Kier molecular flexibility index (Phi) is 4.54. The molecule has 3 rings (SSSR count). The van der Waals surface area contributed by atoms with Gasteiger partial charge in [0.2, 0.25) is 0 Å². The van der Waals surface area contributed by atoms with Gasteiger partial charge in [-0.05, 0) is 39.8 Å². The average Bonchev–Trinajstić information content (AvgIpc) is 2.53. The first-order valence-corrected chi connectivity index (χ1v) is 8.94. The van der Waals surface area contributed by atoms with E-state index < -0.39 is 11.2 Å². The highest BCUT2D eigenvalue weighted by Gasteiger charge is 2.44. The lowest BCUT2D eigenvalue weighted by Gasteiger charge is -2.44. The molecule has 140 valence electrons. The number of ether oxygens (including phenoxy) is 2. The highest BCUT2D eigenvalue weighted by Crippen LogP contribution is 2.40. The van der Waals surface area contributed by atoms with Crippen molar-refractivity contribution in [3.05, 3.63) is 29.3 Å². The van der Waals surface area contributed by atoms with Gasteiger partial charge in [0, 0.05) is 31.5 Å². The van der Waals surface area contributed by atoms with E-state index in [0.29, 0.717) is 49.2 Å². The molecule has 0 N–H and O–H groups in total. The molecule has 2 heterocycles. The number of nitrogens with zero attached hydrogens (tertiary/aromatic N) is 1. The van der Waals surface area contributed by atoms with E-state index in [4.69, 9.17) is 9.47 Å². The van der Waals surface area contributed by atoms with Crippen LogP contribution in [0.25, 0.3) is 0 Å². The molecule has 2 aliphatic heterocycles. The SMILES string of the molecule is CC(=O)c1ccc2c(c1)OC1(CCN(C(=O)OC(C)(C)C)CC1)CC2=O. The van der Waals surface area contributed by atoms with Crippen LogP contribution < -0.4 is 4.74 Å². The van der Waals surface area contributed by atoms with Gasteiger partial charge in [0.25, 0.3) is 0 Å². The van der Waals surface area contributed by atoms with Crippen LogP contribution in [-0.2, 0) is 4.74 Å². The van der Waals surface area contributed by atoms with Gasteiger partial charge >= 0.3 is 6.09 Å². The molecule has 1 amide bonds. The first kappa shape index (κ1) is 18.4. The van der Waals surface area contributed by atoms with Crippen molar-refractivity contribution in [1.29, 1.82) is 0 Å². The molecule has 1 saturated heterocycles. The van der Waals surface area contributed by atoms with E-state index in [9.17, 15) is 14.4 Å². The predicted octanol–water partition coefficient (Wildman–Crippen LogP) is 3.62. The van der Waals surface area contributed by atoms with E-state index in [0.717, 1.165) is 0 Å². The van der Waals surface area contributed by atoms with E-state index in [1.165, 1.54) is 6.92 Å². The number of hydrogen-bond donors (Lipinski definition) is 0. The van der Waals surface area contributed by atoms with Crippen LogP contribution in [0.3, 0.4) is 0 Å². The normalized spacial score (nSPS) is 18.9. The second-order valence-electron chi connectivity index (χ2n) is 8.12. The maximum Gasteiger partial charge on any atom is 0.410 e. The molecule has 0 aromatic heterocycles. The van der Waals surface area contributed by atoms with Crippen LogP contribution in [0.4, 0.5) is 4.79 Å². The van der Waals surface area contributed by atoms with Crippen molar-refractivity contribution >= 4 is 17.7 Å². The maximum atomic E-state index is 12.6. The fourth-order valence-electron chi connectivity index (χ4n) is 3.42. The molecule has 0 aliphatic carbocycles. The lowest BCUT2D eigenvalue weighted by atomic mass is 9.82. The van der Waals surface area contributed by atoms with Crippen molar-refractivity contribution < 1.29 is 23.9 Å². The summed E-state index contributed by atoms with van der Waals surface area (Å²) in [4.78, 5) is 38.1. The van der Waals surface area contributed by atoms with Gasteiger partial charge in [-0.25, -0.2) is 4.79 Å². The number of fused-ring (bicyclic) bond motifs is 1. The summed E-state index contributed by atoms with van der Waals surface area (Å²) in [6.45, 7) is 7.95. The Hall–Kier alpha value is -2.37. The summed E-state index contributed by atoms with van der Waals surface area (Å²) in [5.74, 6) is 0.426.